The molecule has 0 aliphatic carbocycles. The molecule has 0 aliphatic rings. The van der Waals surface area contributed by atoms with Gasteiger partial charge < -0.3 is 11.5 Å². The van der Waals surface area contributed by atoms with E-state index in [1.165, 1.54) is 0 Å². The van der Waals surface area contributed by atoms with E-state index in [0.717, 1.165) is 11.1 Å². The average Bonchev–Trinajstić information content (AvgIpc) is 2.15. The van der Waals surface area contributed by atoms with Crippen LogP contribution in [-0.4, -0.2) is 5.96 Å². The highest BCUT2D eigenvalue weighted by Gasteiger charge is 1.90. The Hall–Kier alpha value is -1.48. The van der Waals surface area contributed by atoms with E-state index >= 15 is 0 Å². The lowest BCUT2D eigenvalue weighted by molar-refractivity contribution is 1.05. The van der Waals surface area contributed by atoms with Crippen molar-refractivity contribution in [3.05, 3.63) is 42.0 Å². The van der Waals surface area contributed by atoms with Crippen molar-refractivity contribution in [1.82, 2.24) is 0 Å². The summed E-state index contributed by atoms with van der Waals surface area (Å²) in [5, 5.41) is 0. The number of rotatable bonds is 3. The molecule has 4 N–H and O–H groups in total. The van der Waals surface area contributed by atoms with Gasteiger partial charge in [-0.2, -0.15) is 0 Å². The van der Waals surface area contributed by atoms with Crippen LogP contribution in [0.5, 0.6) is 0 Å². The summed E-state index contributed by atoms with van der Waals surface area (Å²) in [4.78, 5) is 3.90. The third kappa shape index (κ3) is 3.96. The van der Waals surface area contributed by atoms with Crippen molar-refractivity contribution in [2.45, 2.75) is 6.54 Å². The van der Waals surface area contributed by atoms with Crippen LogP contribution in [0, 0.1) is 0 Å². The van der Waals surface area contributed by atoms with Gasteiger partial charge in [-0.3, -0.25) is 0 Å². The molecule has 0 heterocycles. The monoisotopic (exact) mass is 211 g/mol. The lowest BCUT2D eigenvalue weighted by Crippen LogP contribution is -2.22. The van der Waals surface area contributed by atoms with Crippen LogP contribution >= 0.6 is 12.4 Å². The highest BCUT2D eigenvalue weighted by molar-refractivity contribution is 5.85. The molecule has 0 bridgehead atoms. The third-order valence-corrected chi connectivity index (χ3v) is 1.66. The van der Waals surface area contributed by atoms with E-state index in [1.54, 1.807) is 6.08 Å². The van der Waals surface area contributed by atoms with Gasteiger partial charge in [-0.25, -0.2) is 4.99 Å². The average molecular weight is 212 g/mol. The third-order valence-electron chi connectivity index (χ3n) is 1.66. The zero-order valence-corrected chi connectivity index (χ0v) is 8.63. The predicted molar refractivity (Wildman–Crippen MR) is 63.3 cm³/mol. The van der Waals surface area contributed by atoms with E-state index in [4.69, 9.17) is 11.5 Å². The second kappa shape index (κ2) is 6.05. The van der Waals surface area contributed by atoms with Crippen molar-refractivity contribution in [1.29, 1.82) is 0 Å². The maximum absolute atomic E-state index is 5.21. The van der Waals surface area contributed by atoms with Crippen molar-refractivity contribution < 1.29 is 0 Å². The minimum Gasteiger partial charge on any atom is -0.370 e. The Labute approximate surface area is 89.9 Å². The molecule has 1 aromatic rings. The Kier molecular flexibility index (Phi) is 5.41. The molecular formula is C10H14ClN3. The van der Waals surface area contributed by atoms with Crippen molar-refractivity contribution in [3.63, 3.8) is 0 Å². The van der Waals surface area contributed by atoms with E-state index < -0.39 is 0 Å². The van der Waals surface area contributed by atoms with Crippen LogP contribution in [0.1, 0.15) is 11.1 Å². The summed E-state index contributed by atoms with van der Waals surface area (Å²) in [7, 11) is 0. The highest BCUT2D eigenvalue weighted by Crippen LogP contribution is 2.06. The van der Waals surface area contributed by atoms with Gasteiger partial charge in [0.25, 0.3) is 0 Å². The van der Waals surface area contributed by atoms with Gasteiger partial charge in [0.1, 0.15) is 0 Å². The maximum atomic E-state index is 5.21. The smallest absolute Gasteiger partial charge is 0.186 e. The summed E-state index contributed by atoms with van der Waals surface area (Å²) in [6.07, 6.45) is 1.80. The van der Waals surface area contributed by atoms with Crippen molar-refractivity contribution in [2.75, 3.05) is 0 Å². The molecule has 0 unspecified atom stereocenters. The van der Waals surface area contributed by atoms with Gasteiger partial charge in [-0.05, 0) is 11.1 Å². The molecule has 3 nitrogen and oxygen atoms in total. The first kappa shape index (κ1) is 12.5. The summed E-state index contributed by atoms with van der Waals surface area (Å²) in [6.45, 7) is 4.19. The topological polar surface area (TPSA) is 64.4 Å². The number of nitrogens with zero attached hydrogens (tertiary/aromatic N) is 1. The molecule has 0 saturated heterocycles. The molecule has 0 fully saturated rings. The number of aliphatic imine (C=N–C) groups is 1. The largest absolute Gasteiger partial charge is 0.370 e. The van der Waals surface area contributed by atoms with Crippen LogP contribution in [0.3, 0.4) is 0 Å². The van der Waals surface area contributed by atoms with Crippen LogP contribution in [0.4, 0.5) is 0 Å². The van der Waals surface area contributed by atoms with Crippen molar-refractivity contribution in [2.24, 2.45) is 16.5 Å². The van der Waals surface area contributed by atoms with Crippen molar-refractivity contribution in [3.8, 4) is 0 Å². The fourth-order valence-corrected chi connectivity index (χ4v) is 0.942. The molecule has 1 rings (SSSR count). The van der Waals surface area contributed by atoms with Crippen LogP contribution in [0.25, 0.3) is 6.08 Å². The number of hydrogen-bond acceptors (Lipinski definition) is 1. The number of halogens is 1. The molecule has 14 heavy (non-hydrogen) atoms. The normalized spacial score (nSPS) is 8.57. The second-order valence-corrected chi connectivity index (χ2v) is 2.69. The highest BCUT2D eigenvalue weighted by atomic mass is 35.5. The number of hydrogen-bond donors (Lipinski definition) is 2. The van der Waals surface area contributed by atoms with Gasteiger partial charge in [0.05, 0.1) is 6.54 Å². The molecule has 0 saturated carbocycles. The lowest BCUT2D eigenvalue weighted by Gasteiger charge is -1.97. The molecular weight excluding hydrogens is 198 g/mol. The summed E-state index contributed by atoms with van der Waals surface area (Å²) in [5.74, 6) is 0.118. The van der Waals surface area contributed by atoms with Gasteiger partial charge in [0, 0.05) is 0 Å². The first-order valence-corrected chi connectivity index (χ1v) is 3.99. The van der Waals surface area contributed by atoms with Gasteiger partial charge in [-0.15, -0.1) is 12.4 Å². The van der Waals surface area contributed by atoms with Gasteiger partial charge in [0.2, 0.25) is 0 Å². The Morgan fingerprint density at radius 2 is 1.86 bits per heavy atom. The van der Waals surface area contributed by atoms with Crippen molar-refractivity contribution >= 4 is 24.4 Å². The van der Waals surface area contributed by atoms with Gasteiger partial charge >= 0.3 is 0 Å². The van der Waals surface area contributed by atoms with Crippen LogP contribution in [-0.2, 0) is 6.54 Å². The molecule has 4 heteroatoms. The summed E-state index contributed by atoms with van der Waals surface area (Å²) in [5.41, 5.74) is 12.6. The first-order chi connectivity index (χ1) is 6.22. The van der Waals surface area contributed by atoms with Crippen LogP contribution < -0.4 is 11.5 Å². The van der Waals surface area contributed by atoms with Crippen LogP contribution in [0.15, 0.2) is 35.8 Å². The minimum absolute atomic E-state index is 0. The van der Waals surface area contributed by atoms with E-state index in [0.29, 0.717) is 6.54 Å². The Bertz CT molecular complexity index is 313. The summed E-state index contributed by atoms with van der Waals surface area (Å²) < 4.78 is 0. The van der Waals surface area contributed by atoms with E-state index in [2.05, 4.69) is 11.6 Å². The second-order valence-electron chi connectivity index (χ2n) is 2.69. The fraction of sp³-hybridized carbons (Fsp3) is 0.100. The SMILES string of the molecule is C=Cc1ccc(CN=C(N)N)cc1.Cl. The predicted octanol–water partition coefficient (Wildman–Crippen LogP) is 1.52. The molecule has 0 atom stereocenters. The maximum Gasteiger partial charge on any atom is 0.186 e. The van der Waals surface area contributed by atoms with Gasteiger partial charge in [-0.1, -0.05) is 36.9 Å². The number of nitrogens with two attached hydrogens (primary N) is 2. The molecule has 0 spiro atoms. The quantitative estimate of drug-likeness (QED) is 0.588. The Morgan fingerprint density at radius 3 is 2.29 bits per heavy atom. The molecule has 0 aromatic heterocycles. The molecule has 0 radical (unpaired) electrons. The first-order valence-electron chi connectivity index (χ1n) is 3.99. The molecule has 0 amide bonds. The minimum atomic E-state index is 0. The van der Waals surface area contributed by atoms with E-state index in [1.807, 2.05) is 24.3 Å². The fourth-order valence-electron chi connectivity index (χ4n) is 0.942. The lowest BCUT2D eigenvalue weighted by atomic mass is 10.1. The molecule has 0 aliphatic heterocycles. The molecule has 1 aromatic carbocycles. The molecule has 76 valence electrons. The number of guanidine groups is 1. The zero-order valence-electron chi connectivity index (χ0n) is 7.81. The van der Waals surface area contributed by atoms with E-state index in [-0.39, 0.29) is 18.4 Å². The summed E-state index contributed by atoms with van der Waals surface area (Å²) in [6, 6.07) is 7.90. The zero-order chi connectivity index (χ0) is 9.68. The van der Waals surface area contributed by atoms with E-state index in [9.17, 15) is 0 Å². The van der Waals surface area contributed by atoms with Gasteiger partial charge in [0.15, 0.2) is 5.96 Å². The Balaban J connectivity index is 0.00000169. The van der Waals surface area contributed by atoms with Crippen LogP contribution in [0.2, 0.25) is 0 Å². The standard InChI is InChI=1S/C10H13N3.ClH/c1-2-8-3-5-9(6-4-8)7-13-10(11)12;/h2-6H,1,7H2,(H4,11,12,13);1H. The number of benzene rings is 1. The summed E-state index contributed by atoms with van der Waals surface area (Å²) >= 11 is 0. The Morgan fingerprint density at radius 1 is 1.29 bits per heavy atom.